The van der Waals surface area contributed by atoms with Crippen LogP contribution < -0.4 is 0 Å². The van der Waals surface area contributed by atoms with Crippen molar-refractivity contribution in [2.75, 3.05) is 0 Å². The third kappa shape index (κ3) is 3.43. The first-order chi connectivity index (χ1) is 13.5. The molecule has 6 nitrogen and oxygen atoms in total. The molecule has 0 amide bonds. The SMILES string of the molecule is Cc1n[nH]nc1-c1ccnc(-c2cn(C(c3ccc(F)cc3)C(C)C)cn2)c1. The minimum absolute atomic E-state index is 0.0582. The highest BCUT2D eigenvalue weighted by molar-refractivity contribution is 5.67. The molecule has 0 saturated heterocycles. The molecule has 0 spiro atoms. The number of aromatic amines is 1. The molecule has 0 saturated carbocycles. The van der Waals surface area contributed by atoms with Gasteiger partial charge in [-0.3, -0.25) is 4.98 Å². The van der Waals surface area contributed by atoms with Crippen LogP contribution in [0.4, 0.5) is 4.39 Å². The summed E-state index contributed by atoms with van der Waals surface area (Å²) < 4.78 is 15.4. The first kappa shape index (κ1) is 18.0. The zero-order valence-corrected chi connectivity index (χ0v) is 16.0. The maximum absolute atomic E-state index is 13.3. The molecule has 0 aliphatic carbocycles. The van der Waals surface area contributed by atoms with E-state index in [1.165, 1.54) is 12.1 Å². The van der Waals surface area contributed by atoms with Crippen LogP contribution in [0.15, 0.2) is 55.1 Å². The number of aromatic nitrogens is 6. The summed E-state index contributed by atoms with van der Waals surface area (Å²) >= 11 is 0. The van der Waals surface area contributed by atoms with Gasteiger partial charge in [-0.25, -0.2) is 9.37 Å². The topological polar surface area (TPSA) is 72.3 Å². The molecule has 3 heterocycles. The molecule has 1 aromatic carbocycles. The van der Waals surface area contributed by atoms with Crippen LogP contribution in [0, 0.1) is 18.7 Å². The van der Waals surface area contributed by atoms with Crippen LogP contribution in [0.3, 0.4) is 0 Å². The Kier molecular flexibility index (Phi) is 4.73. The van der Waals surface area contributed by atoms with Crippen molar-refractivity contribution in [2.45, 2.75) is 26.8 Å². The third-order valence-electron chi connectivity index (χ3n) is 4.78. The average molecular weight is 376 g/mol. The van der Waals surface area contributed by atoms with E-state index in [9.17, 15) is 4.39 Å². The Labute approximate surface area is 162 Å². The largest absolute Gasteiger partial charge is 0.329 e. The fraction of sp³-hybridized carbons (Fsp3) is 0.238. The highest BCUT2D eigenvalue weighted by atomic mass is 19.1. The Hall–Kier alpha value is -3.35. The van der Waals surface area contributed by atoms with Gasteiger partial charge in [0.25, 0.3) is 0 Å². The number of halogens is 1. The third-order valence-corrected chi connectivity index (χ3v) is 4.78. The van der Waals surface area contributed by atoms with Gasteiger partial charge >= 0.3 is 0 Å². The molecule has 0 aliphatic rings. The van der Waals surface area contributed by atoms with Crippen LogP contribution in [0.25, 0.3) is 22.6 Å². The quantitative estimate of drug-likeness (QED) is 0.559. The lowest BCUT2D eigenvalue weighted by molar-refractivity contribution is 0.436. The number of rotatable bonds is 5. The molecule has 0 radical (unpaired) electrons. The van der Waals surface area contributed by atoms with E-state index >= 15 is 0 Å². The molecule has 0 fully saturated rings. The highest BCUT2D eigenvalue weighted by Gasteiger charge is 2.19. The second kappa shape index (κ2) is 7.34. The normalized spacial score (nSPS) is 12.5. The van der Waals surface area contributed by atoms with Crippen LogP contribution in [-0.4, -0.2) is 29.9 Å². The van der Waals surface area contributed by atoms with Gasteiger partial charge in [0.15, 0.2) is 0 Å². The minimum atomic E-state index is -0.234. The molecule has 0 aliphatic heterocycles. The Morgan fingerprint density at radius 2 is 1.79 bits per heavy atom. The maximum Gasteiger partial charge on any atom is 0.123 e. The van der Waals surface area contributed by atoms with E-state index in [2.05, 4.69) is 43.8 Å². The summed E-state index contributed by atoms with van der Waals surface area (Å²) in [7, 11) is 0. The Morgan fingerprint density at radius 1 is 1.00 bits per heavy atom. The van der Waals surface area contributed by atoms with E-state index in [4.69, 9.17) is 0 Å². The number of nitrogens with zero attached hydrogens (tertiary/aromatic N) is 5. The van der Waals surface area contributed by atoms with Gasteiger partial charge in [-0.05, 0) is 42.7 Å². The summed E-state index contributed by atoms with van der Waals surface area (Å²) in [4.78, 5) is 9.03. The van der Waals surface area contributed by atoms with E-state index in [-0.39, 0.29) is 11.9 Å². The van der Waals surface area contributed by atoms with Crippen LogP contribution in [0.5, 0.6) is 0 Å². The molecule has 1 atom stereocenters. The minimum Gasteiger partial charge on any atom is -0.329 e. The number of pyridine rings is 1. The molecule has 142 valence electrons. The molecule has 0 bridgehead atoms. The van der Waals surface area contributed by atoms with Gasteiger partial charge in [0.2, 0.25) is 0 Å². The number of nitrogens with one attached hydrogen (secondary N) is 1. The summed E-state index contributed by atoms with van der Waals surface area (Å²) in [5, 5.41) is 10.9. The van der Waals surface area contributed by atoms with Crippen LogP contribution >= 0.6 is 0 Å². The van der Waals surface area contributed by atoms with Crippen molar-refractivity contribution < 1.29 is 4.39 Å². The fourth-order valence-corrected chi connectivity index (χ4v) is 3.46. The number of aryl methyl sites for hydroxylation is 1. The van der Waals surface area contributed by atoms with E-state index in [1.54, 1.807) is 12.5 Å². The standard InChI is InChI=1S/C21H21FN6/c1-13(2)21(15-4-6-17(22)7-5-15)28-11-19(24-12-28)18-10-16(8-9-23-18)20-14(3)25-27-26-20/h4-13,21H,1-3H3,(H,25,26,27). The van der Waals surface area contributed by atoms with E-state index in [0.717, 1.165) is 33.9 Å². The zero-order valence-electron chi connectivity index (χ0n) is 16.0. The van der Waals surface area contributed by atoms with E-state index in [0.29, 0.717) is 5.92 Å². The predicted molar refractivity (Wildman–Crippen MR) is 105 cm³/mol. The highest BCUT2D eigenvalue weighted by Crippen LogP contribution is 2.29. The van der Waals surface area contributed by atoms with Gasteiger partial charge < -0.3 is 4.57 Å². The van der Waals surface area contributed by atoms with Gasteiger partial charge in [-0.15, -0.1) is 0 Å². The molecule has 4 aromatic rings. The van der Waals surface area contributed by atoms with Crippen molar-refractivity contribution in [2.24, 2.45) is 5.92 Å². The summed E-state index contributed by atoms with van der Waals surface area (Å²) in [6, 6.07) is 10.6. The first-order valence-electron chi connectivity index (χ1n) is 9.16. The van der Waals surface area contributed by atoms with Crippen LogP contribution in [0.2, 0.25) is 0 Å². The van der Waals surface area contributed by atoms with Crippen molar-refractivity contribution in [3.05, 3.63) is 72.2 Å². The number of H-pyrrole nitrogens is 1. The van der Waals surface area contributed by atoms with Crippen molar-refractivity contribution in [3.8, 4) is 22.6 Å². The summed E-state index contributed by atoms with van der Waals surface area (Å²) in [6.45, 7) is 6.18. The molecule has 7 heteroatoms. The van der Waals surface area contributed by atoms with Crippen molar-refractivity contribution in [1.29, 1.82) is 0 Å². The van der Waals surface area contributed by atoms with Crippen molar-refractivity contribution >= 4 is 0 Å². The fourth-order valence-electron chi connectivity index (χ4n) is 3.46. The number of hydrogen-bond donors (Lipinski definition) is 1. The number of benzene rings is 1. The molecule has 3 aromatic heterocycles. The molecule has 28 heavy (non-hydrogen) atoms. The summed E-state index contributed by atoms with van der Waals surface area (Å²) in [6.07, 6.45) is 5.53. The second-order valence-corrected chi connectivity index (χ2v) is 7.13. The van der Waals surface area contributed by atoms with Gasteiger partial charge in [0.1, 0.15) is 17.2 Å². The van der Waals surface area contributed by atoms with Gasteiger partial charge in [-0.1, -0.05) is 26.0 Å². The first-order valence-corrected chi connectivity index (χ1v) is 9.16. The molecular formula is C21H21FN6. The molecular weight excluding hydrogens is 355 g/mol. The van der Waals surface area contributed by atoms with Crippen molar-refractivity contribution in [1.82, 2.24) is 29.9 Å². The lowest BCUT2D eigenvalue weighted by atomic mass is 9.96. The monoisotopic (exact) mass is 376 g/mol. The Balaban J connectivity index is 1.69. The number of hydrogen-bond acceptors (Lipinski definition) is 4. The van der Waals surface area contributed by atoms with E-state index in [1.807, 2.05) is 37.4 Å². The molecule has 4 rings (SSSR count). The molecule has 1 unspecified atom stereocenters. The van der Waals surface area contributed by atoms with Gasteiger partial charge in [0, 0.05) is 18.0 Å². The van der Waals surface area contributed by atoms with Gasteiger partial charge in [0.05, 0.1) is 23.8 Å². The van der Waals surface area contributed by atoms with Crippen LogP contribution in [-0.2, 0) is 0 Å². The van der Waals surface area contributed by atoms with Crippen LogP contribution in [0.1, 0.15) is 31.1 Å². The average Bonchev–Trinajstić information content (AvgIpc) is 3.33. The Morgan fingerprint density at radius 3 is 2.46 bits per heavy atom. The van der Waals surface area contributed by atoms with Crippen molar-refractivity contribution in [3.63, 3.8) is 0 Å². The lowest BCUT2D eigenvalue weighted by Crippen LogP contribution is -2.15. The van der Waals surface area contributed by atoms with E-state index < -0.39 is 0 Å². The molecule has 1 N–H and O–H groups in total. The Bertz CT molecular complexity index is 1080. The van der Waals surface area contributed by atoms with Gasteiger partial charge in [-0.2, -0.15) is 15.4 Å². The summed E-state index contributed by atoms with van der Waals surface area (Å²) in [5.74, 6) is 0.0753. The summed E-state index contributed by atoms with van der Waals surface area (Å²) in [5.41, 5.74) is 5.15. The predicted octanol–water partition coefficient (Wildman–Crippen LogP) is 4.42. The smallest absolute Gasteiger partial charge is 0.123 e. The number of imidazole rings is 1. The lowest BCUT2D eigenvalue weighted by Gasteiger charge is -2.22. The second-order valence-electron chi connectivity index (χ2n) is 7.13. The zero-order chi connectivity index (χ0) is 19.7. The maximum atomic E-state index is 13.3.